The molecule has 122 valence electrons. The van der Waals surface area contributed by atoms with Gasteiger partial charge >= 0.3 is 0 Å². The third-order valence-corrected chi connectivity index (χ3v) is 4.29. The van der Waals surface area contributed by atoms with Crippen molar-refractivity contribution in [3.05, 3.63) is 53.7 Å². The summed E-state index contributed by atoms with van der Waals surface area (Å²) < 4.78 is 5.22. The quantitative estimate of drug-likeness (QED) is 0.754. The van der Waals surface area contributed by atoms with Crippen LogP contribution in [0.25, 0.3) is 0 Å². The molecule has 0 radical (unpaired) electrons. The molecule has 0 aliphatic rings. The average Bonchev–Trinajstić information content (AvgIpc) is 2.59. The standard InChI is InChI=1S/C18H22N2O2S/c1-13(2)20(12-14-7-5-8-15(11-14)23-4)18(21)16-9-6-10-19-17(16)22-3/h5-11,13H,12H2,1-4H3. The van der Waals surface area contributed by atoms with Gasteiger partial charge in [0.15, 0.2) is 0 Å². The zero-order valence-electron chi connectivity index (χ0n) is 13.9. The van der Waals surface area contributed by atoms with Crippen LogP contribution in [0.15, 0.2) is 47.5 Å². The van der Waals surface area contributed by atoms with Gasteiger partial charge in [-0.05, 0) is 49.9 Å². The summed E-state index contributed by atoms with van der Waals surface area (Å²) in [4.78, 5) is 20.1. The van der Waals surface area contributed by atoms with Crippen molar-refractivity contribution < 1.29 is 9.53 Å². The van der Waals surface area contributed by atoms with Gasteiger partial charge in [0.25, 0.3) is 5.91 Å². The summed E-state index contributed by atoms with van der Waals surface area (Å²) in [6, 6.07) is 11.8. The van der Waals surface area contributed by atoms with E-state index in [0.717, 1.165) is 5.56 Å². The number of ether oxygens (including phenoxy) is 1. The molecule has 23 heavy (non-hydrogen) atoms. The number of thioether (sulfide) groups is 1. The molecule has 2 aromatic rings. The number of methoxy groups -OCH3 is 1. The fourth-order valence-electron chi connectivity index (χ4n) is 2.33. The van der Waals surface area contributed by atoms with Crippen LogP contribution in [-0.4, -0.2) is 35.2 Å². The molecule has 4 nitrogen and oxygen atoms in total. The third-order valence-electron chi connectivity index (χ3n) is 3.57. The van der Waals surface area contributed by atoms with Gasteiger partial charge in [-0.2, -0.15) is 0 Å². The first-order valence-corrected chi connectivity index (χ1v) is 8.72. The van der Waals surface area contributed by atoms with Crippen LogP contribution in [0.3, 0.4) is 0 Å². The van der Waals surface area contributed by atoms with Crippen molar-refractivity contribution in [1.82, 2.24) is 9.88 Å². The lowest BCUT2D eigenvalue weighted by Crippen LogP contribution is -2.36. The first-order chi connectivity index (χ1) is 11.1. The van der Waals surface area contributed by atoms with Gasteiger partial charge in [0.2, 0.25) is 5.88 Å². The lowest BCUT2D eigenvalue weighted by Gasteiger charge is -2.27. The minimum Gasteiger partial charge on any atom is -0.480 e. The highest BCUT2D eigenvalue weighted by Gasteiger charge is 2.22. The molecule has 0 aliphatic carbocycles. The summed E-state index contributed by atoms with van der Waals surface area (Å²) in [6.07, 6.45) is 3.67. The monoisotopic (exact) mass is 330 g/mol. The maximum atomic E-state index is 12.9. The molecule has 0 aliphatic heterocycles. The molecule has 2 rings (SSSR count). The Labute approximate surface area is 141 Å². The van der Waals surface area contributed by atoms with Crippen LogP contribution in [0, 0.1) is 0 Å². The molecule has 0 saturated carbocycles. The van der Waals surface area contributed by atoms with E-state index in [-0.39, 0.29) is 11.9 Å². The van der Waals surface area contributed by atoms with Gasteiger partial charge in [-0.3, -0.25) is 4.79 Å². The van der Waals surface area contributed by atoms with Gasteiger partial charge in [-0.1, -0.05) is 12.1 Å². The van der Waals surface area contributed by atoms with Crippen molar-refractivity contribution in [2.75, 3.05) is 13.4 Å². The fourth-order valence-corrected chi connectivity index (χ4v) is 2.81. The first-order valence-electron chi connectivity index (χ1n) is 7.49. The van der Waals surface area contributed by atoms with Crippen molar-refractivity contribution in [2.24, 2.45) is 0 Å². The minimum absolute atomic E-state index is 0.0699. The topological polar surface area (TPSA) is 42.4 Å². The molecular formula is C18H22N2O2S. The number of nitrogens with zero attached hydrogens (tertiary/aromatic N) is 2. The molecule has 1 aromatic carbocycles. The summed E-state index contributed by atoms with van der Waals surface area (Å²) in [5.41, 5.74) is 1.60. The van der Waals surface area contributed by atoms with Gasteiger partial charge in [0, 0.05) is 23.7 Å². The normalized spacial score (nSPS) is 10.7. The van der Waals surface area contributed by atoms with E-state index in [1.54, 1.807) is 30.1 Å². The molecule has 1 aromatic heterocycles. The van der Waals surface area contributed by atoms with Crippen molar-refractivity contribution in [2.45, 2.75) is 31.3 Å². The number of amides is 1. The van der Waals surface area contributed by atoms with Gasteiger partial charge in [-0.15, -0.1) is 11.8 Å². The molecule has 5 heteroatoms. The summed E-state index contributed by atoms with van der Waals surface area (Å²) in [5.74, 6) is 0.292. The van der Waals surface area contributed by atoms with Crippen LogP contribution in [-0.2, 0) is 6.54 Å². The van der Waals surface area contributed by atoms with Gasteiger partial charge in [0.05, 0.1) is 7.11 Å². The van der Waals surface area contributed by atoms with E-state index in [1.165, 1.54) is 12.0 Å². The first kappa shape index (κ1) is 17.3. The van der Waals surface area contributed by atoms with E-state index in [9.17, 15) is 4.79 Å². The number of carbonyl (C=O) groups is 1. The highest BCUT2D eigenvalue weighted by molar-refractivity contribution is 7.98. The largest absolute Gasteiger partial charge is 0.480 e. The molecule has 0 spiro atoms. The summed E-state index contributed by atoms with van der Waals surface area (Å²) in [5, 5.41) is 0. The number of rotatable bonds is 6. The Balaban J connectivity index is 2.29. The van der Waals surface area contributed by atoms with Crippen LogP contribution in [0.1, 0.15) is 29.8 Å². The number of aromatic nitrogens is 1. The second-order valence-corrected chi connectivity index (χ2v) is 6.32. The van der Waals surface area contributed by atoms with Crippen molar-refractivity contribution in [3.8, 4) is 5.88 Å². The second kappa shape index (κ2) is 8.02. The van der Waals surface area contributed by atoms with Gasteiger partial charge in [0.1, 0.15) is 5.56 Å². The van der Waals surface area contributed by atoms with Gasteiger partial charge < -0.3 is 9.64 Å². The zero-order valence-corrected chi connectivity index (χ0v) is 14.8. The molecule has 0 atom stereocenters. The Hall–Kier alpha value is -2.01. The predicted octanol–water partition coefficient (Wildman–Crippen LogP) is 3.86. The molecule has 0 bridgehead atoms. The maximum absolute atomic E-state index is 12.9. The van der Waals surface area contributed by atoms with Gasteiger partial charge in [-0.25, -0.2) is 4.98 Å². The van der Waals surface area contributed by atoms with E-state index < -0.39 is 0 Å². The highest BCUT2D eigenvalue weighted by atomic mass is 32.2. The van der Waals surface area contributed by atoms with Crippen LogP contribution in [0.4, 0.5) is 0 Å². The Bertz CT molecular complexity index is 674. The van der Waals surface area contributed by atoms with E-state index in [2.05, 4.69) is 17.1 Å². The smallest absolute Gasteiger partial charge is 0.259 e. The van der Waals surface area contributed by atoms with E-state index in [1.807, 2.05) is 37.1 Å². The van der Waals surface area contributed by atoms with Crippen molar-refractivity contribution >= 4 is 17.7 Å². The minimum atomic E-state index is -0.0699. The van der Waals surface area contributed by atoms with Crippen molar-refractivity contribution in [3.63, 3.8) is 0 Å². The summed E-state index contributed by atoms with van der Waals surface area (Å²) >= 11 is 1.70. The second-order valence-electron chi connectivity index (χ2n) is 5.44. The molecule has 0 unspecified atom stereocenters. The molecule has 0 fully saturated rings. The van der Waals surface area contributed by atoms with E-state index in [4.69, 9.17) is 4.74 Å². The summed E-state index contributed by atoms with van der Waals surface area (Å²) in [6.45, 7) is 4.58. The Morgan fingerprint density at radius 1 is 1.30 bits per heavy atom. The SMILES string of the molecule is COc1ncccc1C(=O)N(Cc1cccc(SC)c1)C(C)C. The molecule has 0 saturated heterocycles. The Kier molecular flexibility index (Phi) is 6.04. The number of hydrogen-bond acceptors (Lipinski definition) is 4. The molecule has 0 N–H and O–H groups in total. The lowest BCUT2D eigenvalue weighted by molar-refractivity contribution is 0.0686. The lowest BCUT2D eigenvalue weighted by atomic mass is 10.1. The van der Waals surface area contributed by atoms with E-state index >= 15 is 0 Å². The van der Waals surface area contributed by atoms with E-state index in [0.29, 0.717) is 18.0 Å². The van der Waals surface area contributed by atoms with Crippen LogP contribution in [0.5, 0.6) is 5.88 Å². The van der Waals surface area contributed by atoms with Crippen molar-refractivity contribution in [1.29, 1.82) is 0 Å². The number of hydrogen-bond donors (Lipinski definition) is 0. The zero-order chi connectivity index (χ0) is 16.8. The molecular weight excluding hydrogens is 308 g/mol. The summed E-state index contributed by atoms with van der Waals surface area (Å²) in [7, 11) is 1.53. The van der Waals surface area contributed by atoms with Crippen LogP contribution in [0.2, 0.25) is 0 Å². The fraction of sp³-hybridized carbons (Fsp3) is 0.333. The Morgan fingerprint density at radius 3 is 2.74 bits per heavy atom. The Morgan fingerprint density at radius 2 is 2.09 bits per heavy atom. The number of carbonyl (C=O) groups excluding carboxylic acids is 1. The number of benzene rings is 1. The predicted molar refractivity (Wildman–Crippen MR) is 94.0 cm³/mol. The molecule has 1 amide bonds. The van der Waals surface area contributed by atoms with Crippen LogP contribution < -0.4 is 4.74 Å². The highest BCUT2D eigenvalue weighted by Crippen LogP contribution is 2.21. The third kappa shape index (κ3) is 4.26. The van der Waals surface area contributed by atoms with Crippen LogP contribution >= 0.6 is 11.8 Å². The average molecular weight is 330 g/mol. The molecule has 1 heterocycles. The maximum Gasteiger partial charge on any atom is 0.259 e. The number of pyridine rings is 1.